The molecular weight excluding hydrogens is 240 g/mol. The van der Waals surface area contributed by atoms with Gasteiger partial charge in [0, 0.05) is 12.8 Å². The Hall–Kier alpha value is -1.84. The van der Waals surface area contributed by atoms with Crippen molar-refractivity contribution >= 4 is 11.8 Å². The second-order valence-electron chi connectivity index (χ2n) is 5.04. The minimum atomic E-state index is -0.833. The van der Waals surface area contributed by atoms with Gasteiger partial charge in [0.25, 0.3) is 5.97 Å². The van der Waals surface area contributed by atoms with E-state index in [-0.39, 0.29) is 11.8 Å². The van der Waals surface area contributed by atoms with Gasteiger partial charge in [0.2, 0.25) is 0 Å². The lowest BCUT2D eigenvalue weighted by atomic mass is 9.96. The summed E-state index contributed by atoms with van der Waals surface area (Å²) in [7, 11) is 0. The molecule has 0 amide bonds. The Balaban J connectivity index is 0.000000711. The second kappa shape index (κ2) is 8.29. The second-order valence-corrected chi connectivity index (χ2v) is 5.04. The summed E-state index contributed by atoms with van der Waals surface area (Å²) in [5.74, 6) is 0.103. The maximum absolute atomic E-state index is 9.00. The van der Waals surface area contributed by atoms with Gasteiger partial charge >= 0.3 is 0 Å². The van der Waals surface area contributed by atoms with Crippen molar-refractivity contribution in [2.24, 2.45) is 11.7 Å². The van der Waals surface area contributed by atoms with Gasteiger partial charge in [0.1, 0.15) is 0 Å². The van der Waals surface area contributed by atoms with Gasteiger partial charge in [-0.15, -0.1) is 0 Å². The third-order valence-electron chi connectivity index (χ3n) is 2.59. The summed E-state index contributed by atoms with van der Waals surface area (Å²) in [6.45, 7) is 7.47. The van der Waals surface area contributed by atoms with Crippen LogP contribution in [0.4, 0.5) is 0 Å². The van der Waals surface area contributed by atoms with Crippen molar-refractivity contribution in [2.45, 2.75) is 40.0 Å². The smallest absolute Gasteiger partial charge is 0.300 e. The molecule has 1 aromatic rings. The molecule has 1 rings (SSSR count). The topological polar surface area (TPSA) is 87.2 Å². The van der Waals surface area contributed by atoms with Gasteiger partial charge < -0.3 is 10.8 Å². The Morgan fingerprint density at radius 3 is 2.00 bits per heavy atom. The molecule has 4 heteroatoms. The van der Waals surface area contributed by atoms with Crippen molar-refractivity contribution in [1.29, 1.82) is 5.41 Å². The first-order valence-corrected chi connectivity index (χ1v) is 6.36. The number of nitrogens with one attached hydrogen (secondary N) is 1. The molecule has 4 N–H and O–H groups in total. The van der Waals surface area contributed by atoms with Crippen LogP contribution in [0.25, 0.3) is 0 Å². The van der Waals surface area contributed by atoms with Crippen LogP contribution in [0.15, 0.2) is 24.3 Å². The van der Waals surface area contributed by atoms with Crippen molar-refractivity contribution in [3.63, 3.8) is 0 Å². The van der Waals surface area contributed by atoms with Gasteiger partial charge in [-0.25, -0.2) is 0 Å². The van der Waals surface area contributed by atoms with Crippen molar-refractivity contribution in [1.82, 2.24) is 0 Å². The Bertz CT molecular complexity index is 407. The van der Waals surface area contributed by atoms with E-state index in [1.165, 1.54) is 5.56 Å². The van der Waals surface area contributed by atoms with E-state index >= 15 is 0 Å². The molecule has 106 valence electrons. The van der Waals surface area contributed by atoms with Crippen LogP contribution in [0.3, 0.4) is 0 Å². The first kappa shape index (κ1) is 17.2. The number of carbonyl (C=O) groups is 1. The van der Waals surface area contributed by atoms with Crippen LogP contribution in [0.2, 0.25) is 0 Å². The molecule has 0 aliphatic rings. The van der Waals surface area contributed by atoms with E-state index in [9.17, 15) is 0 Å². The summed E-state index contributed by atoms with van der Waals surface area (Å²) in [6, 6.07) is 8.41. The highest BCUT2D eigenvalue weighted by Gasteiger charge is 2.07. The maximum atomic E-state index is 9.00. The van der Waals surface area contributed by atoms with E-state index in [2.05, 4.69) is 38.1 Å². The molecule has 19 heavy (non-hydrogen) atoms. The number of rotatable bonds is 4. The summed E-state index contributed by atoms with van der Waals surface area (Å²) in [6.07, 6.45) is 1.11. The molecule has 4 nitrogen and oxygen atoms in total. The Kier molecular flexibility index (Phi) is 7.49. The van der Waals surface area contributed by atoms with E-state index in [4.69, 9.17) is 21.0 Å². The van der Waals surface area contributed by atoms with Crippen LogP contribution >= 0.6 is 0 Å². The number of aliphatic carboxylic acids is 1. The number of amidine groups is 1. The number of hydrogen-bond donors (Lipinski definition) is 3. The zero-order valence-electron chi connectivity index (χ0n) is 12.1. The number of nitrogens with two attached hydrogens (primary N) is 1. The van der Waals surface area contributed by atoms with E-state index in [0.29, 0.717) is 5.92 Å². The zero-order valence-corrected chi connectivity index (χ0v) is 12.1. The van der Waals surface area contributed by atoms with Gasteiger partial charge in [0.15, 0.2) is 0 Å². The molecule has 0 spiro atoms. The Morgan fingerprint density at radius 2 is 1.68 bits per heavy atom. The molecule has 0 aliphatic carbocycles. The van der Waals surface area contributed by atoms with Crippen LogP contribution in [-0.4, -0.2) is 16.9 Å². The van der Waals surface area contributed by atoms with Crippen LogP contribution < -0.4 is 5.73 Å². The Morgan fingerprint density at radius 1 is 1.26 bits per heavy atom. The molecule has 0 aliphatic heterocycles. The van der Waals surface area contributed by atoms with E-state index < -0.39 is 5.97 Å². The fourth-order valence-corrected chi connectivity index (χ4v) is 1.59. The molecule has 0 saturated heterocycles. The van der Waals surface area contributed by atoms with E-state index in [0.717, 1.165) is 18.9 Å². The SMILES string of the molecule is CC(=O)O.CC(C)Cc1ccc([C@H](C)C(=N)N)cc1. The van der Waals surface area contributed by atoms with Crippen LogP contribution in [0.5, 0.6) is 0 Å². The van der Waals surface area contributed by atoms with E-state index in [1.807, 2.05) is 6.92 Å². The number of carboxylic acids is 1. The number of carboxylic acid groups (broad SMARTS) is 1. The maximum Gasteiger partial charge on any atom is 0.300 e. The fraction of sp³-hybridized carbons (Fsp3) is 0.467. The van der Waals surface area contributed by atoms with Gasteiger partial charge in [-0.05, 0) is 23.5 Å². The average Bonchev–Trinajstić information content (AvgIpc) is 2.27. The quantitative estimate of drug-likeness (QED) is 0.577. The molecule has 0 unspecified atom stereocenters. The van der Waals surface area contributed by atoms with Crippen molar-refractivity contribution in [3.8, 4) is 0 Å². The van der Waals surface area contributed by atoms with Crippen LogP contribution in [0, 0.1) is 11.3 Å². The number of benzene rings is 1. The molecule has 0 heterocycles. The van der Waals surface area contributed by atoms with Gasteiger partial charge in [0.05, 0.1) is 5.84 Å². The first-order chi connectivity index (χ1) is 8.73. The average molecular weight is 264 g/mol. The molecular formula is C15H24N2O2. The predicted octanol–water partition coefficient (Wildman–Crippen LogP) is 3.02. The highest BCUT2D eigenvalue weighted by molar-refractivity contribution is 5.84. The summed E-state index contributed by atoms with van der Waals surface area (Å²) in [5.41, 5.74) is 7.94. The molecule has 0 bridgehead atoms. The summed E-state index contributed by atoms with van der Waals surface area (Å²) < 4.78 is 0. The van der Waals surface area contributed by atoms with Crippen molar-refractivity contribution < 1.29 is 9.90 Å². The first-order valence-electron chi connectivity index (χ1n) is 6.36. The van der Waals surface area contributed by atoms with Crippen molar-refractivity contribution in [2.75, 3.05) is 0 Å². The van der Waals surface area contributed by atoms with Gasteiger partial charge in [-0.1, -0.05) is 45.0 Å². The summed E-state index contributed by atoms with van der Waals surface area (Å²) in [4.78, 5) is 9.00. The standard InChI is InChI=1S/C13H20N2.C2H4O2/c1-9(2)8-11-4-6-12(7-5-11)10(3)13(14)15;1-2(3)4/h4-7,9-10H,8H2,1-3H3,(H3,14,15);1H3,(H,3,4)/t10-;/m0./s1. The lowest BCUT2D eigenvalue weighted by Crippen LogP contribution is -2.17. The van der Waals surface area contributed by atoms with Crippen molar-refractivity contribution in [3.05, 3.63) is 35.4 Å². The van der Waals surface area contributed by atoms with E-state index in [1.54, 1.807) is 0 Å². The van der Waals surface area contributed by atoms with Gasteiger partial charge in [-0.3, -0.25) is 10.2 Å². The third kappa shape index (κ3) is 7.97. The molecule has 0 aromatic heterocycles. The molecule has 0 radical (unpaired) electrons. The zero-order chi connectivity index (χ0) is 15.0. The molecule has 1 atom stereocenters. The summed E-state index contributed by atoms with van der Waals surface area (Å²) >= 11 is 0. The van der Waals surface area contributed by atoms with Crippen LogP contribution in [0.1, 0.15) is 44.7 Å². The largest absolute Gasteiger partial charge is 0.481 e. The predicted molar refractivity (Wildman–Crippen MR) is 78.6 cm³/mol. The minimum Gasteiger partial charge on any atom is -0.481 e. The fourth-order valence-electron chi connectivity index (χ4n) is 1.59. The molecule has 1 aromatic carbocycles. The summed E-state index contributed by atoms with van der Waals surface area (Å²) in [5, 5.41) is 14.8. The minimum absolute atomic E-state index is 0.0260. The normalized spacial score (nSPS) is 11.4. The lowest BCUT2D eigenvalue weighted by molar-refractivity contribution is -0.134. The monoisotopic (exact) mass is 264 g/mol. The highest BCUT2D eigenvalue weighted by Crippen LogP contribution is 2.16. The highest BCUT2D eigenvalue weighted by atomic mass is 16.4. The third-order valence-corrected chi connectivity index (χ3v) is 2.59. The van der Waals surface area contributed by atoms with Crippen LogP contribution in [-0.2, 0) is 11.2 Å². The lowest BCUT2D eigenvalue weighted by Gasteiger charge is -2.11. The molecule has 0 saturated carbocycles. The Labute approximate surface area is 115 Å². The number of hydrogen-bond acceptors (Lipinski definition) is 2. The molecule has 0 fully saturated rings. The van der Waals surface area contributed by atoms with Gasteiger partial charge in [-0.2, -0.15) is 0 Å².